The van der Waals surface area contributed by atoms with Crippen LogP contribution in [0.1, 0.15) is 6.92 Å². The maximum Gasteiger partial charge on any atom is 0.515 e. The van der Waals surface area contributed by atoms with Gasteiger partial charge in [0.1, 0.15) is 5.82 Å². The molecule has 25 heavy (non-hydrogen) atoms. The molecule has 0 aliphatic heterocycles. The van der Waals surface area contributed by atoms with E-state index in [4.69, 9.17) is 21.1 Å². The van der Waals surface area contributed by atoms with Gasteiger partial charge in [-0.1, -0.05) is 29.8 Å². The minimum absolute atomic E-state index is 0.00308. The Morgan fingerprint density at radius 3 is 2.72 bits per heavy atom. The van der Waals surface area contributed by atoms with Gasteiger partial charge in [0.25, 0.3) is 0 Å². The van der Waals surface area contributed by atoms with Crippen LogP contribution in [0.4, 0.5) is 9.18 Å². The van der Waals surface area contributed by atoms with Crippen molar-refractivity contribution in [2.24, 2.45) is 0 Å². The maximum atomic E-state index is 14.2. The highest BCUT2D eigenvalue weighted by Crippen LogP contribution is 2.29. The van der Waals surface area contributed by atoms with Crippen molar-refractivity contribution < 1.29 is 18.7 Å². The summed E-state index contributed by atoms with van der Waals surface area (Å²) in [7, 11) is 0. The average molecular weight is 361 g/mol. The zero-order valence-corrected chi connectivity index (χ0v) is 14.0. The molecule has 0 unspecified atom stereocenters. The zero-order chi connectivity index (χ0) is 17.8. The molecule has 1 heterocycles. The Kier molecular flexibility index (Phi) is 5.00. The Bertz CT molecular complexity index is 911. The first-order chi connectivity index (χ1) is 12.1. The first kappa shape index (κ1) is 17.0. The van der Waals surface area contributed by atoms with Crippen LogP contribution >= 0.6 is 11.6 Å². The minimum Gasteiger partial charge on any atom is -0.434 e. The van der Waals surface area contributed by atoms with Gasteiger partial charge in [0.05, 0.1) is 18.0 Å². The molecule has 128 valence electrons. The molecule has 5 nitrogen and oxygen atoms in total. The predicted molar refractivity (Wildman–Crippen MR) is 91.6 cm³/mol. The lowest BCUT2D eigenvalue weighted by atomic mass is 10.1. The lowest BCUT2D eigenvalue weighted by Crippen LogP contribution is -2.10. The monoisotopic (exact) mass is 360 g/mol. The molecule has 0 saturated heterocycles. The molecule has 0 atom stereocenters. The highest BCUT2D eigenvalue weighted by atomic mass is 35.5. The smallest absolute Gasteiger partial charge is 0.434 e. The first-order valence-electron chi connectivity index (χ1n) is 7.54. The quantitative estimate of drug-likeness (QED) is 0.623. The molecule has 0 aliphatic carbocycles. The topological polar surface area (TPSA) is 53.4 Å². The Morgan fingerprint density at radius 2 is 2.00 bits per heavy atom. The molecule has 2 aromatic carbocycles. The third kappa shape index (κ3) is 3.80. The van der Waals surface area contributed by atoms with Gasteiger partial charge in [-0.15, -0.1) is 5.10 Å². The third-order valence-electron chi connectivity index (χ3n) is 3.34. The van der Waals surface area contributed by atoms with Crippen LogP contribution in [0, 0.1) is 5.82 Å². The Morgan fingerprint density at radius 1 is 1.20 bits per heavy atom. The molecule has 3 aromatic rings. The van der Waals surface area contributed by atoms with Crippen molar-refractivity contribution in [2.45, 2.75) is 6.92 Å². The second kappa shape index (κ2) is 7.36. The largest absolute Gasteiger partial charge is 0.515 e. The van der Waals surface area contributed by atoms with Crippen molar-refractivity contribution in [1.29, 1.82) is 0 Å². The standard InChI is InChI=1S/C18H14ClFN2O3/c1-2-24-18(23)25-17-11-16(14-8-3-4-9-15(14)20)22(21-17)13-7-5-6-12(19)10-13/h3-11H,2H2,1H3. The van der Waals surface area contributed by atoms with Gasteiger partial charge in [-0.3, -0.25) is 0 Å². The predicted octanol–water partition coefficient (Wildman–Crippen LogP) is 4.87. The van der Waals surface area contributed by atoms with Crippen LogP contribution in [0.2, 0.25) is 5.02 Å². The molecule has 0 aliphatic rings. The number of carbonyl (C=O) groups excluding carboxylic acids is 1. The van der Waals surface area contributed by atoms with Gasteiger partial charge in [0, 0.05) is 16.7 Å². The van der Waals surface area contributed by atoms with E-state index in [0.29, 0.717) is 22.0 Å². The third-order valence-corrected chi connectivity index (χ3v) is 3.57. The van der Waals surface area contributed by atoms with Crippen molar-refractivity contribution in [3.8, 4) is 22.8 Å². The Balaban J connectivity index is 2.10. The van der Waals surface area contributed by atoms with E-state index < -0.39 is 12.0 Å². The lowest BCUT2D eigenvalue weighted by molar-refractivity contribution is 0.102. The number of halogens is 2. The summed E-state index contributed by atoms with van der Waals surface area (Å²) in [6.07, 6.45) is -0.877. The van der Waals surface area contributed by atoms with Crippen molar-refractivity contribution >= 4 is 17.8 Å². The van der Waals surface area contributed by atoms with Gasteiger partial charge in [-0.25, -0.2) is 13.9 Å². The molecule has 0 saturated carbocycles. The van der Waals surface area contributed by atoms with Gasteiger partial charge in [-0.2, -0.15) is 0 Å². The first-order valence-corrected chi connectivity index (χ1v) is 7.92. The van der Waals surface area contributed by atoms with Crippen LogP contribution in [0.25, 0.3) is 16.9 Å². The SMILES string of the molecule is CCOC(=O)Oc1cc(-c2ccccc2F)n(-c2cccc(Cl)c2)n1. The fraction of sp³-hybridized carbons (Fsp3) is 0.111. The Hall–Kier alpha value is -2.86. The van der Waals surface area contributed by atoms with Crippen LogP contribution in [0.3, 0.4) is 0 Å². The van der Waals surface area contributed by atoms with E-state index in [9.17, 15) is 9.18 Å². The van der Waals surface area contributed by atoms with Gasteiger partial charge in [0.2, 0.25) is 5.88 Å². The molecule has 0 amide bonds. The number of carbonyl (C=O) groups is 1. The number of rotatable bonds is 4. The van der Waals surface area contributed by atoms with E-state index in [-0.39, 0.29) is 12.5 Å². The van der Waals surface area contributed by atoms with Crippen LogP contribution in [-0.2, 0) is 4.74 Å². The molecule has 7 heteroatoms. The van der Waals surface area contributed by atoms with Crippen LogP contribution in [0.15, 0.2) is 54.6 Å². The van der Waals surface area contributed by atoms with Crippen LogP contribution < -0.4 is 4.74 Å². The summed E-state index contributed by atoms with van der Waals surface area (Å²) in [5.41, 5.74) is 1.33. The molecular formula is C18H14ClFN2O3. The van der Waals surface area contributed by atoms with E-state index in [1.165, 1.54) is 16.8 Å². The summed E-state index contributed by atoms with van der Waals surface area (Å²) in [6.45, 7) is 1.84. The molecule has 0 fully saturated rings. The minimum atomic E-state index is -0.877. The fourth-order valence-corrected chi connectivity index (χ4v) is 2.49. The number of nitrogens with zero attached hydrogens (tertiary/aromatic N) is 2. The second-order valence-electron chi connectivity index (χ2n) is 5.02. The number of ether oxygens (including phenoxy) is 2. The summed E-state index contributed by atoms with van der Waals surface area (Å²) in [5.74, 6) is -0.426. The van der Waals surface area contributed by atoms with Crippen molar-refractivity contribution in [1.82, 2.24) is 9.78 Å². The molecule has 0 N–H and O–H groups in total. The van der Waals surface area contributed by atoms with E-state index >= 15 is 0 Å². The van der Waals surface area contributed by atoms with Crippen molar-refractivity contribution in [3.05, 3.63) is 65.4 Å². The highest BCUT2D eigenvalue weighted by molar-refractivity contribution is 6.30. The van der Waals surface area contributed by atoms with Crippen LogP contribution in [0.5, 0.6) is 5.88 Å². The Labute approximate surface area is 148 Å². The van der Waals surface area contributed by atoms with Gasteiger partial charge in [0.15, 0.2) is 0 Å². The van der Waals surface area contributed by atoms with Crippen molar-refractivity contribution in [3.63, 3.8) is 0 Å². The summed E-state index contributed by atoms with van der Waals surface area (Å²) in [6, 6.07) is 14.6. The van der Waals surface area contributed by atoms with E-state index in [0.717, 1.165) is 0 Å². The lowest BCUT2D eigenvalue weighted by Gasteiger charge is -2.08. The molecule has 0 bridgehead atoms. The maximum absolute atomic E-state index is 14.2. The zero-order valence-electron chi connectivity index (χ0n) is 13.3. The summed E-state index contributed by atoms with van der Waals surface area (Å²) in [4.78, 5) is 11.5. The van der Waals surface area contributed by atoms with Gasteiger partial charge >= 0.3 is 6.16 Å². The summed E-state index contributed by atoms with van der Waals surface area (Å²) < 4.78 is 25.5. The number of aromatic nitrogens is 2. The second-order valence-corrected chi connectivity index (χ2v) is 5.46. The van der Waals surface area contributed by atoms with Crippen LogP contribution in [-0.4, -0.2) is 22.5 Å². The van der Waals surface area contributed by atoms with E-state index in [2.05, 4.69) is 5.10 Å². The molecule has 3 rings (SSSR count). The van der Waals surface area contributed by atoms with Gasteiger partial charge in [-0.05, 0) is 37.3 Å². The fourth-order valence-electron chi connectivity index (χ4n) is 2.31. The molecular weight excluding hydrogens is 347 g/mol. The van der Waals surface area contributed by atoms with Gasteiger partial charge < -0.3 is 9.47 Å². The average Bonchev–Trinajstić information content (AvgIpc) is 2.99. The molecule has 0 spiro atoms. The van der Waals surface area contributed by atoms with E-state index in [1.807, 2.05) is 0 Å². The van der Waals surface area contributed by atoms with Crippen molar-refractivity contribution in [2.75, 3.05) is 6.61 Å². The molecule has 0 radical (unpaired) electrons. The summed E-state index contributed by atoms with van der Waals surface area (Å²) >= 11 is 6.04. The highest BCUT2D eigenvalue weighted by Gasteiger charge is 2.18. The van der Waals surface area contributed by atoms with E-state index in [1.54, 1.807) is 49.4 Å². The normalized spacial score (nSPS) is 10.5. The number of hydrogen-bond acceptors (Lipinski definition) is 4. The number of benzene rings is 2. The number of hydrogen-bond donors (Lipinski definition) is 0. The summed E-state index contributed by atoms with van der Waals surface area (Å²) in [5, 5.41) is 4.73. The molecule has 1 aromatic heterocycles.